The fraction of sp³-hybridized carbons (Fsp3) is 0.500. The topological polar surface area (TPSA) is 40.6 Å². The van der Waals surface area contributed by atoms with Gasteiger partial charge in [-0.05, 0) is 30.2 Å². The summed E-state index contributed by atoms with van der Waals surface area (Å²) in [4.78, 5) is 2.89. The van der Waals surface area contributed by atoms with Gasteiger partial charge in [-0.3, -0.25) is 0 Å². The van der Waals surface area contributed by atoms with E-state index in [0.717, 1.165) is 36.3 Å². The number of rotatable bonds is 4. The first-order chi connectivity index (χ1) is 12.1. The van der Waals surface area contributed by atoms with E-state index in [4.69, 9.17) is 0 Å². The Morgan fingerprint density at radius 3 is 2.32 bits per heavy atom. The van der Waals surface area contributed by atoms with Crippen molar-refractivity contribution in [1.29, 1.82) is 0 Å². The van der Waals surface area contributed by atoms with E-state index in [9.17, 15) is 8.42 Å². The molecule has 5 heteroatoms. The number of piperazine rings is 1. The van der Waals surface area contributed by atoms with Gasteiger partial charge in [-0.2, -0.15) is 4.31 Å². The van der Waals surface area contributed by atoms with Crippen LogP contribution in [0.2, 0.25) is 0 Å². The first-order valence-electron chi connectivity index (χ1n) is 9.35. The van der Waals surface area contributed by atoms with Gasteiger partial charge in [0.15, 0.2) is 0 Å². The van der Waals surface area contributed by atoms with E-state index in [1.807, 2.05) is 36.4 Å². The molecule has 1 heterocycles. The number of hydrogen-bond acceptors (Lipinski definition) is 3. The molecule has 0 atom stereocenters. The Morgan fingerprint density at radius 1 is 0.880 bits per heavy atom. The van der Waals surface area contributed by atoms with Crippen LogP contribution in [0.3, 0.4) is 0 Å². The maximum atomic E-state index is 13.2. The molecule has 0 radical (unpaired) electrons. The normalized spacial score (nSPS) is 21.1. The second-order valence-electron chi connectivity index (χ2n) is 7.33. The van der Waals surface area contributed by atoms with Crippen molar-refractivity contribution in [3.63, 3.8) is 0 Å². The highest BCUT2D eigenvalue weighted by molar-refractivity contribution is 7.89. The van der Waals surface area contributed by atoms with E-state index < -0.39 is 10.0 Å². The van der Waals surface area contributed by atoms with Crippen LogP contribution in [-0.4, -0.2) is 50.3 Å². The van der Waals surface area contributed by atoms with E-state index in [-0.39, 0.29) is 0 Å². The molecule has 2 aromatic rings. The minimum Gasteiger partial charge on any atom is -0.300 e. The van der Waals surface area contributed by atoms with E-state index in [0.29, 0.717) is 18.0 Å². The molecule has 1 aliphatic heterocycles. The highest BCUT2D eigenvalue weighted by Gasteiger charge is 2.30. The molecular weight excluding hydrogens is 332 g/mol. The highest BCUT2D eigenvalue weighted by atomic mass is 32.2. The average molecular weight is 359 g/mol. The summed E-state index contributed by atoms with van der Waals surface area (Å²) in [7, 11) is -3.43. The summed E-state index contributed by atoms with van der Waals surface area (Å²) in [5, 5.41) is 1.79. The van der Waals surface area contributed by atoms with Crippen molar-refractivity contribution in [3.05, 3.63) is 42.5 Å². The Labute approximate surface area is 150 Å². The Hall–Kier alpha value is -1.43. The fourth-order valence-corrected chi connectivity index (χ4v) is 5.91. The molecule has 0 amide bonds. The van der Waals surface area contributed by atoms with Crippen molar-refractivity contribution < 1.29 is 8.42 Å². The van der Waals surface area contributed by atoms with E-state index in [1.54, 1.807) is 10.4 Å². The molecule has 2 fully saturated rings. The molecule has 0 unspecified atom stereocenters. The molecule has 2 aromatic carbocycles. The molecule has 0 aromatic heterocycles. The monoisotopic (exact) mass is 358 g/mol. The number of nitrogens with zero attached hydrogens (tertiary/aromatic N) is 2. The Balaban J connectivity index is 1.49. The SMILES string of the molecule is O=S(=O)(c1cccc2ccccc12)N1CCN(CC2CCCC2)CC1. The maximum absolute atomic E-state index is 13.2. The third kappa shape index (κ3) is 3.46. The van der Waals surface area contributed by atoms with Crippen LogP contribution < -0.4 is 0 Å². The van der Waals surface area contributed by atoms with Gasteiger partial charge < -0.3 is 4.90 Å². The Bertz CT molecular complexity index is 830. The van der Waals surface area contributed by atoms with Crippen molar-refractivity contribution in [2.45, 2.75) is 30.6 Å². The summed E-state index contributed by atoms with van der Waals surface area (Å²) < 4.78 is 28.0. The zero-order chi connectivity index (χ0) is 17.3. The molecule has 25 heavy (non-hydrogen) atoms. The largest absolute Gasteiger partial charge is 0.300 e. The molecule has 1 saturated heterocycles. The van der Waals surface area contributed by atoms with Gasteiger partial charge in [0.1, 0.15) is 0 Å². The van der Waals surface area contributed by atoms with Crippen LogP contribution in [0.15, 0.2) is 47.4 Å². The van der Waals surface area contributed by atoms with Gasteiger partial charge in [0.05, 0.1) is 4.90 Å². The smallest absolute Gasteiger partial charge is 0.243 e. The van der Waals surface area contributed by atoms with Crippen molar-refractivity contribution in [1.82, 2.24) is 9.21 Å². The van der Waals surface area contributed by atoms with Gasteiger partial charge in [0.25, 0.3) is 0 Å². The van der Waals surface area contributed by atoms with Crippen molar-refractivity contribution in [2.24, 2.45) is 5.92 Å². The number of benzene rings is 2. The van der Waals surface area contributed by atoms with Crippen LogP contribution in [-0.2, 0) is 10.0 Å². The molecule has 4 rings (SSSR count). The quantitative estimate of drug-likeness (QED) is 0.842. The summed E-state index contributed by atoms with van der Waals surface area (Å²) in [6.45, 7) is 4.03. The zero-order valence-electron chi connectivity index (χ0n) is 14.6. The number of fused-ring (bicyclic) bond motifs is 1. The summed E-state index contributed by atoms with van der Waals surface area (Å²) in [6, 6.07) is 13.3. The van der Waals surface area contributed by atoms with Crippen LogP contribution in [0.1, 0.15) is 25.7 Å². The van der Waals surface area contributed by atoms with Gasteiger partial charge in [-0.15, -0.1) is 0 Å². The second-order valence-corrected chi connectivity index (χ2v) is 9.24. The van der Waals surface area contributed by atoms with E-state index in [1.165, 1.54) is 25.7 Å². The molecule has 0 bridgehead atoms. The van der Waals surface area contributed by atoms with Gasteiger partial charge in [-0.25, -0.2) is 8.42 Å². The standard InChI is InChI=1S/C20H26N2O2S/c23-25(24,20-11-5-9-18-8-3-4-10-19(18)20)22-14-12-21(13-15-22)16-17-6-1-2-7-17/h3-5,8-11,17H,1-2,6-7,12-16H2. The lowest BCUT2D eigenvalue weighted by Gasteiger charge is -2.35. The van der Waals surface area contributed by atoms with Crippen LogP contribution >= 0.6 is 0 Å². The van der Waals surface area contributed by atoms with Crippen molar-refractivity contribution >= 4 is 20.8 Å². The molecule has 4 nitrogen and oxygen atoms in total. The van der Waals surface area contributed by atoms with Crippen molar-refractivity contribution in [3.8, 4) is 0 Å². The number of sulfonamides is 1. The summed E-state index contributed by atoms with van der Waals surface area (Å²) >= 11 is 0. The molecule has 1 aliphatic carbocycles. The van der Waals surface area contributed by atoms with Gasteiger partial charge in [-0.1, -0.05) is 49.2 Å². The average Bonchev–Trinajstić information content (AvgIpc) is 3.15. The minimum atomic E-state index is -3.43. The fourth-order valence-electron chi connectivity index (χ4n) is 4.27. The third-order valence-electron chi connectivity index (χ3n) is 5.69. The molecule has 1 saturated carbocycles. The summed E-state index contributed by atoms with van der Waals surface area (Å²) in [6.07, 6.45) is 5.41. The zero-order valence-corrected chi connectivity index (χ0v) is 15.4. The summed E-state index contributed by atoms with van der Waals surface area (Å²) in [5.41, 5.74) is 0. The van der Waals surface area contributed by atoms with Crippen LogP contribution in [0.5, 0.6) is 0 Å². The highest BCUT2D eigenvalue weighted by Crippen LogP contribution is 2.28. The van der Waals surface area contributed by atoms with Gasteiger partial charge >= 0.3 is 0 Å². The second kappa shape index (κ2) is 7.06. The van der Waals surface area contributed by atoms with Crippen LogP contribution in [0.25, 0.3) is 10.8 Å². The predicted molar refractivity (Wildman–Crippen MR) is 101 cm³/mol. The van der Waals surface area contributed by atoms with Crippen LogP contribution in [0, 0.1) is 5.92 Å². The lowest BCUT2D eigenvalue weighted by atomic mass is 10.1. The molecule has 2 aliphatic rings. The lowest BCUT2D eigenvalue weighted by Crippen LogP contribution is -2.49. The Kier molecular flexibility index (Phi) is 4.80. The summed E-state index contributed by atoms with van der Waals surface area (Å²) in [5.74, 6) is 0.821. The predicted octanol–water partition coefficient (Wildman–Crippen LogP) is 3.34. The maximum Gasteiger partial charge on any atom is 0.243 e. The van der Waals surface area contributed by atoms with Gasteiger partial charge in [0.2, 0.25) is 10.0 Å². The van der Waals surface area contributed by atoms with E-state index in [2.05, 4.69) is 4.90 Å². The van der Waals surface area contributed by atoms with Crippen LogP contribution in [0.4, 0.5) is 0 Å². The minimum absolute atomic E-state index is 0.440. The molecule has 0 spiro atoms. The lowest BCUT2D eigenvalue weighted by molar-refractivity contribution is 0.165. The van der Waals surface area contributed by atoms with Gasteiger partial charge in [0, 0.05) is 38.1 Å². The Morgan fingerprint density at radius 2 is 1.56 bits per heavy atom. The molecular formula is C20H26N2O2S. The molecule has 0 N–H and O–H groups in total. The first-order valence-corrected chi connectivity index (χ1v) is 10.8. The molecule has 134 valence electrons. The third-order valence-corrected chi connectivity index (χ3v) is 7.65. The first kappa shape index (κ1) is 17.0. The number of hydrogen-bond donors (Lipinski definition) is 0. The van der Waals surface area contributed by atoms with Crippen molar-refractivity contribution in [2.75, 3.05) is 32.7 Å². The van der Waals surface area contributed by atoms with E-state index >= 15 is 0 Å².